The van der Waals surface area contributed by atoms with Crippen molar-refractivity contribution in [3.05, 3.63) is 89.6 Å². The van der Waals surface area contributed by atoms with Crippen molar-refractivity contribution in [3.8, 4) is 33.8 Å². The summed E-state index contributed by atoms with van der Waals surface area (Å²) in [7, 11) is 0. The van der Waals surface area contributed by atoms with E-state index in [-0.39, 0.29) is 0 Å². The van der Waals surface area contributed by atoms with E-state index in [0.29, 0.717) is 5.82 Å². The number of aromatic amines is 1. The van der Waals surface area contributed by atoms with E-state index in [9.17, 15) is 0 Å². The standard InChI is InChI=1S/C31H30N8/c1-3-28-33-30-20(2)16-23(26-19-38-15-7-6-10-29(38)32-26)17-27(30)39(28)18-21-11-13-22(14-12-21)24-8-4-5-9-25(24)31-34-36-37-35-31/h4-5,8-9,11-14,16-17,19H,3,6-7,10,15,18H2,1-2H3,(H,34,35,36,37). The van der Waals surface area contributed by atoms with Crippen LogP contribution < -0.4 is 0 Å². The number of aryl methyl sites for hydroxylation is 4. The van der Waals surface area contributed by atoms with Gasteiger partial charge >= 0.3 is 0 Å². The molecule has 194 valence electrons. The molecule has 1 N–H and O–H groups in total. The zero-order valence-electron chi connectivity index (χ0n) is 22.2. The SMILES string of the molecule is CCc1nc2c(C)cc(-c3cn4c(n3)CCCC4)cc2n1Cc1ccc(-c2ccccc2-c2nn[nH]n2)cc1. The fourth-order valence-electron chi connectivity index (χ4n) is 5.76. The predicted octanol–water partition coefficient (Wildman–Crippen LogP) is 6.00. The molecule has 0 saturated heterocycles. The van der Waals surface area contributed by atoms with E-state index in [2.05, 4.69) is 92.3 Å². The van der Waals surface area contributed by atoms with E-state index in [1.54, 1.807) is 0 Å². The molecule has 1 aliphatic heterocycles. The van der Waals surface area contributed by atoms with Crippen LogP contribution in [0.3, 0.4) is 0 Å². The van der Waals surface area contributed by atoms with Crippen molar-refractivity contribution in [3.63, 3.8) is 0 Å². The molecule has 39 heavy (non-hydrogen) atoms. The lowest BCUT2D eigenvalue weighted by Gasteiger charge is -2.11. The number of tetrazole rings is 1. The van der Waals surface area contributed by atoms with E-state index in [0.717, 1.165) is 59.7 Å². The zero-order chi connectivity index (χ0) is 26.3. The Morgan fingerprint density at radius 3 is 2.54 bits per heavy atom. The quantitative estimate of drug-likeness (QED) is 0.294. The predicted molar refractivity (Wildman–Crippen MR) is 152 cm³/mol. The van der Waals surface area contributed by atoms with Crippen LogP contribution in [0.1, 0.15) is 42.5 Å². The largest absolute Gasteiger partial charge is 0.334 e. The number of fused-ring (bicyclic) bond motifs is 2. The molecule has 4 heterocycles. The number of benzene rings is 3. The summed E-state index contributed by atoms with van der Waals surface area (Å²) in [6, 6.07) is 21.4. The minimum Gasteiger partial charge on any atom is -0.334 e. The summed E-state index contributed by atoms with van der Waals surface area (Å²) in [5, 5.41) is 14.6. The van der Waals surface area contributed by atoms with Gasteiger partial charge in [0.2, 0.25) is 5.82 Å². The number of H-pyrrole nitrogens is 1. The first-order valence-corrected chi connectivity index (χ1v) is 13.7. The van der Waals surface area contributed by atoms with Gasteiger partial charge in [-0.3, -0.25) is 0 Å². The summed E-state index contributed by atoms with van der Waals surface area (Å²) in [6.45, 7) is 6.16. The highest BCUT2D eigenvalue weighted by Gasteiger charge is 2.18. The van der Waals surface area contributed by atoms with Crippen LogP contribution in [0.2, 0.25) is 0 Å². The van der Waals surface area contributed by atoms with E-state index in [1.165, 1.54) is 40.9 Å². The minimum absolute atomic E-state index is 0.594. The van der Waals surface area contributed by atoms with Gasteiger partial charge in [0.25, 0.3) is 0 Å². The van der Waals surface area contributed by atoms with E-state index < -0.39 is 0 Å². The first-order chi connectivity index (χ1) is 19.2. The molecule has 1 aliphatic rings. The van der Waals surface area contributed by atoms with Crippen molar-refractivity contribution in [2.75, 3.05) is 0 Å². The van der Waals surface area contributed by atoms with Gasteiger partial charge < -0.3 is 9.13 Å². The van der Waals surface area contributed by atoms with Crippen molar-refractivity contribution in [1.82, 2.24) is 39.7 Å². The molecule has 0 aliphatic carbocycles. The summed E-state index contributed by atoms with van der Waals surface area (Å²) in [6.07, 6.45) is 6.62. The van der Waals surface area contributed by atoms with Crippen LogP contribution in [0.4, 0.5) is 0 Å². The first-order valence-electron chi connectivity index (χ1n) is 13.7. The van der Waals surface area contributed by atoms with E-state index >= 15 is 0 Å². The third-order valence-corrected chi connectivity index (χ3v) is 7.76. The van der Waals surface area contributed by atoms with Crippen molar-refractivity contribution < 1.29 is 0 Å². The Balaban J connectivity index is 1.24. The molecule has 3 aromatic heterocycles. The van der Waals surface area contributed by atoms with Gasteiger partial charge in [-0.25, -0.2) is 9.97 Å². The summed E-state index contributed by atoms with van der Waals surface area (Å²) in [5.41, 5.74) is 10.0. The number of nitrogens with zero attached hydrogens (tertiary/aromatic N) is 7. The number of aromatic nitrogens is 8. The van der Waals surface area contributed by atoms with Crippen LogP contribution in [0.5, 0.6) is 0 Å². The normalized spacial score (nSPS) is 13.2. The highest BCUT2D eigenvalue weighted by atomic mass is 15.5. The Morgan fingerprint density at radius 1 is 0.923 bits per heavy atom. The Bertz CT molecular complexity index is 1750. The number of imidazole rings is 2. The lowest BCUT2D eigenvalue weighted by atomic mass is 9.98. The summed E-state index contributed by atoms with van der Waals surface area (Å²) in [5.74, 6) is 2.90. The highest BCUT2D eigenvalue weighted by molar-refractivity contribution is 5.85. The second kappa shape index (κ2) is 9.62. The van der Waals surface area contributed by atoms with Gasteiger partial charge in [0.15, 0.2) is 0 Å². The molecule has 0 saturated carbocycles. The first kappa shape index (κ1) is 23.5. The molecule has 0 amide bonds. The zero-order valence-corrected chi connectivity index (χ0v) is 22.2. The Labute approximate surface area is 226 Å². The average molecular weight is 515 g/mol. The van der Waals surface area contributed by atoms with Crippen LogP contribution in [-0.4, -0.2) is 39.7 Å². The van der Waals surface area contributed by atoms with E-state index in [4.69, 9.17) is 9.97 Å². The van der Waals surface area contributed by atoms with Crippen LogP contribution in [-0.2, 0) is 25.9 Å². The molecule has 6 aromatic rings. The Hall–Kier alpha value is -4.59. The molecule has 0 bridgehead atoms. The fourth-order valence-corrected chi connectivity index (χ4v) is 5.76. The number of hydrogen-bond donors (Lipinski definition) is 1. The maximum atomic E-state index is 5.05. The Morgan fingerprint density at radius 2 is 1.77 bits per heavy atom. The van der Waals surface area contributed by atoms with Gasteiger partial charge in [0, 0.05) is 43.3 Å². The molecule has 0 unspecified atom stereocenters. The van der Waals surface area contributed by atoms with Gasteiger partial charge in [-0.1, -0.05) is 55.5 Å². The summed E-state index contributed by atoms with van der Waals surface area (Å²) < 4.78 is 4.69. The van der Waals surface area contributed by atoms with E-state index in [1.807, 2.05) is 18.2 Å². The van der Waals surface area contributed by atoms with Crippen molar-refractivity contribution in [2.24, 2.45) is 0 Å². The van der Waals surface area contributed by atoms with Crippen molar-refractivity contribution >= 4 is 11.0 Å². The lowest BCUT2D eigenvalue weighted by molar-refractivity contribution is 0.522. The smallest absolute Gasteiger partial charge is 0.205 e. The van der Waals surface area contributed by atoms with Crippen LogP contribution >= 0.6 is 0 Å². The van der Waals surface area contributed by atoms with Crippen molar-refractivity contribution in [2.45, 2.75) is 52.6 Å². The van der Waals surface area contributed by atoms with Gasteiger partial charge in [-0.05, 0) is 59.4 Å². The summed E-state index contributed by atoms with van der Waals surface area (Å²) in [4.78, 5) is 10.0. The highest BCUT2D eigenvalue weighted by Crippen LogP contribution is 2.32. The third kappa shape index (κ3) is 4.22. The number of rotatable bonds is 6. The molecule has 3 aromatic carbocycles. The molecule has 8 heteroatoms. The monoisotopic (exact) mass is 514 g/mol. The average Bonchev–Trinajstić information content (AvgIpc) is 3.73. The van der Waals surface area contributed by atoms with Crippen LogP contribution in [0.25, 0.3) is 44.8 Å². The maximum Gasteiger partial charge on any atom is 0.205 e. The number of nitrogens with one attached hydrogen (secondary N) is 1. The maximum absolute atomic E-state index is 5.05. The Kier molecular flexibility index (Phi) is 5.80. The lowest BCUT2D eigenvalue weighted by Crippen LogP contribution is -2.08. The topological polar surface area (TPSA) is 90.1 Å². The molecule has 0 fully saturated rings. The van der Waals surface area contributed by atoms with Crippen LogP contribution in [0.15, 0.2) is 66.9 Å². The molecule has 7 rings (SSSR count). The molecular formula is C31H30N8. The third-order valence-electron chi connectivity index (χ3n) is 7.76. The second-order valence-corrected chi connectivity index (χ2v) is 10.3. The molecule has 0 spiro atoms. The number of hydrogen-bond acceptors (Lipinski definition) is 5. The molecular weight excluding hydrogens is 484 g/mol. The minimum atomic E-state index is 0.594. The molecule has 0 radical (unpaired) electrons. The second-order valence-electron chi connectivity index (χ2n) is 10.3. The van der Waals surface area contributed by atoms with Gasteiger partial charge in [-0.15, -0.1) is 10.2 Å². The van der Waals surface area contributed by atoms with Gasteiger partial charge in [-0.2, -0.15) is 5.21 Å². The summed E-state index contributed by atoms with van der Waals surface area (Å²) >= 11 is 0. The van der Waals surface area contributed by atoms with Gasteiger partial charge in [0.05, 0.1) is 16.7 Å². The van der Waals surface area contributed by atoms with Crippen molar-refractivity contribution in [1.29, 1.82) is 0 Å². The molecule has 0 atom stereocenters. The van der Waals surface area contributed by atoms with Gasteiger partial charge in [0.1, 0.15) is 11.6 Å². The molecule has 8 nitrogen and oxygen atoms in total. The van der Waals surface area contributed by atoms with Crippen LogP contribution in [0, 0.1) is 6.92 Å². The fraction of sp³-hybridized carbons (Fsp3) is 0.258.